The van der Waals surface area contributed by atoms with Crippen molar-refractivity contribution in [3.63, 3.8) is 0 Å². The third-order valence-corrected chi connectivity index (χ3v) is 3.24. The molecule has 0 radical (unpaired) electrons. The van der Waals surface area contributed by atoms with Crippen LogP contribution in [-0.2, 0) is 12.6 Å². The molecule has 0 saturated carbocycles. The fraction of sp³-hybridized carbons (Fsp3) is 0.538. The minimum atomic E-state index is -4.25. The van der Waals surface area contributed by atoms with Gasteiger partial charge in [-0.2, -0.15) is 13.2 Å². The van der Waals surface area contributed by atoms with E-state index in [-0.39, 0.29) is 6.04 Å². The highest BCUT2D eigenvalue weighted by Crippen LogP contribution is 2.35. The summed E-state index contributed by atoms with van der Waals surface area (Å²) in [7, 11) is 1.90. The number of alkyl halides is 3. The zero-order valence-corrected chi connectivity index (χ0v) is 10.3. The SMILES string of the molecule is CNCCCC1Cc2cc(C(F)(F)F)ccc2N1. The van der Waals surface area contributed by atoms with Gasteiger partial charge in [0, 0.05) is 11.7 Å². The molecule has 0 amide bonds. The molecule has 5 heteroatoms. The van der Waals surface area contributed by atoms with Crippen molar-refractivity contribution in [2.45, 2.75) is 31.5 Å². The summed E-state index contributed by atoms with van der Waals surface area (Å²) in [5.41, 5.74) is 1.07. The number of hydrogen-bond donors (Lipinski definition) is 2. The Morgan fingerprint density at radius 1 is 1.39 bits per heavy atom. The Balaban J connectivity index is 2.02. The normalized spacial score (nSPS) is 18.6. The first-order valence-electron chi connectivity index (χ1n) is 6.12. The van der Waals surface area contributed by atoms with Gasteiger partial charge >= 0.3 is 6.18 Å². The van der Waals surface area contributed by atoms with Crippen LogP contribution in [0.25, 0.3) is 0 Å². The number of halogens is 3. The summed E-state index contributed by atoms with van der Waals surface area (Å²) in [6.45, 7) is 0.933. The highest BCUT2D eigenvalue weighted by Gasteiger charge is 2.32. The maximum atomic E-state index is 12.6. The highest BCUT2D eigenvalue weighted by atomic mass is 19.4. The van der Waals surface area contributed by atoms with E-state index in [4.69, 9.17) is 0 Å². The van der Waals surface area contributed by atoms with Crippen LogP contribution < -0.4 is 10.6 Å². The van der Waals surface area contributed by atoms with Gasteiger partial charge in [0.05, 0.1) is 5.56 Å². The highest BCUT2D eigenvalue weighted by molar-refractivity contribution is 5.58. The fourth-order valence-corrected chi connectivity index (χ4v) is 2.32. The van der Waals surface area contributed by atoms with E-state index in [0.29, 0.717) is 6.42 Å². The predicted octanol–water partition coefficient (Wildman–Crippen LogP) is 3.04. The van der Waals surface area contributed by atoms with Gasteiger partial charge in [-0.1, -0.05) is 0 Å². The topological polar surface area (TPSA) is 24.1 Å². The van der Waals surface area contributed by atoms with Crippen LogP contribution in [0.3, 0.4) is 0 Å². The molecule has 0 saturated heterocycles. The Morgan fingerprint density at radius 2 is 2.17 bits per heavy atom. The minimum Gasteiger partial charge on any atom is -0.382 e. The lowest BCUT2D eigenvalue weighted by Gasteiger charge is -2.10. The number of nitrogens with one attached hydrogen (secondary N) is 2. The van der Waals surface area contributed by atoms with Gasteiger partial charge in [0.1, 0.15) is 0 Å². The molecule has 1 aromatic rings. The molecule has 2 nitrogen and oxygen atoms in total. The summed E-state index contributed by atoms with van der Waals surface area (Å²) in [6.07, 6.45) is -1.58. The van der Waals surface area contributed by atoms with Crippen molar-refractivity contribution in [3.05, 3.63) is 29.3 Å². The summed E-state index contributed by atoms with van der Waals surface area (Å²) in [4.78, 5) is 0. The van der Waals surface area contributed by atoms with Crippen molar-refractivity contribution >= 4 is 5.69 Å². The number of fused-ring (bicyclic) bond motifs is 1. The van der Waals surface area contributed by atoms with E-state index in [0.717, 1.165) is 36.7 Å². The van der Waals surface area contributed by atoms with Crippen molar-refractivity contribution in [2.75, 3.05) is 18.9 Å². The molecular weight excluding hydrogens is 241 g/mol. The first-order chi connectivity index (χ1) is 8.50. The van der Waals surface area contributed by atoms with Crippen molar-refractivity contribution in [1.29, 1.82) is 0 Å². The fourth-order valence-electron chi connectivity index (χ4n) is 2.32. The van der Waals surface area contributed by atoms with E-state index in [9.17, 15) is 13.2 Å². The van der Waals surface area contributed by atoms with Gasteiger partial charge in [0.15, 0.2) is 0 Å². The standard InChI is InChI=1S/C13H17F3N2/c1-17-6-2-3-11-8-9-7-10(13(14,15)16)4-5-12(9)18-11/h4-5,7,11,17-18H,2-3,6,8H2,1H3. The average Bonchev–Trinajstić information content (AvgIpc) is 2.69. The lowest BCUT2D eigenvalue weighted by molar-refractivity contribution is -0.137. The van der Waals surface area contributed by atoms with E-state index >= 15 is 0 Å². The molecule has 18 heavy (non-hydrogen) atoms. The zero-order chi connectivity index (χ0) is 13.2. The molecule has 0 fully saturated rings. The summed E-state index contributed by atoms with van der Waals surface area (Å²) in [6, 6.07) is 4.20. The number of anilines is 1. The first-order valence-corrected chi connectivity index (χ1v) is 6.12. The summed E-state index contributed by atoms with van der Waals surface area (Å²) in [5, 5.41) is 6.34. The van der Waals surface area contributed by atoms with Gasteiger partial charge in [-0.05, 0) is 56.6 Å². The van der Waals surface area contributed by atoms with Crippen LogP contribution in [0, 0.1) is 0 Å². The zero-order valence-electron chi connectivity index (χ0n) is 10.3. The molecule has 0 aliphatic carbocycles. The predicted molar refractivity (Wildman–Crippen MR) is 65.7 cm³/mol. The molecule has 0 spiro atoms. The molecule has 0 aromatic heterocycles. The molecule has 1 atom stereocenters. The summed E-state index contributed by atoms with van der Waals surface area (Å²) < 4.78 is 37.7. The van der Waals surface area contributed by atoms with E-state index in [1.54, 1.807) is 0 Å². The van der Waals surface area contributed by atoms with Gasteiger partial charge in [-0.15, -0.1) is 0 Å². The van der Waals surface area contributed by atoms with E-state index in [2.05, 4.69) is 10.6 Å². The third kappa shape index (κ3) is 2.96. The number of benzene rings is 1. The minimum absolute atomic E-state index is 0.261. The Hall–Kier alpha value is -1.23. The maximum absolute atomic E-state index is 12.6. The Morgan fingerprint density at radius 3 is 2.83 bits per heavy atom. The van der Waals surface area contributed by atoms with Crippen molar-refractivity contribution in [1.82, 2.24) is 5.32 Å². The molecule has 100 valence electrons. The second-order valence-electron chi connectivity index (χ2n) is 4.66. The number of rotatable bonds is 4. The molecule has 1 unspecified atom stereocenters. The van der Waals surface area contributed by atoms with Crippen LogP contribution in [0.4, 0.5) is 18.9 Å². The molecule has 2 N–H and O–H groups in total. The third-order valence-electron chi connectivity index (χ3n) is 3.24. The Kier molecular flexibility index (Phi) is 3.80. The number of hydrogen-bond acceptors (Lipinski definition) is 2. The van der Waals surface area contributed by atoms with Gasteiger partial charge < -0.3 is 10.6 Å². The monoisotopic (exact) mass is 258 g/mol. The van der Waals surface area contributed by atoms with Gasteiger partial charge in [-0.3, -0.25) is 0 Å². The molecule has 1 heterocycles. The van der Waals surface area contributed by atoms with E-state index in [1.165, 1.54) is 12.1 Å². The lowest BCUT2D eigenvalue weighted by Crippen LogP contribution is -2.18. The molecular formula is C13H17F3N2. The molecule has 0 bridgehead atoms. The molecule has 1 aliphatic heterocycles. The summed E-state index contributed by atoms with van der Waals surface area (Å²) >= 11 is 0. The largest absolute Gasteiger partial charge is 0.416 e. The summed E-state index contributed by atoms with van der Waals surface area (Å²) in [5.74, 6) is 0. The van der Waals surface area contributed by atoms with Crippen molar-refractivity contribution < 1.29 is 13.2 Å². The maximum Gasteiger partial charge on any atom is 0.416 e. The first kappa shape index (κ1) is 13.2. The average molecular weight is 258 g/mol. The Bertz CT molecular complexity index is 415. The Labute approximate surface area is 105 Å². The van der Waals surface area contributed by atoms with Crippen LogP contribution in [0.5, 0.6) is 0 Å². The van der Waals surface area contributed by atoms with Gasteiger partial charge in [-0.25, -0.2) is 0 Å². The van der Waals surface area contributed by atoms with Gasteiger partial charge in [0.25, 0.3) is 0 Å². The van der Waals surface area contributed by atoms with Crippen LogP contribution in [-0.4, -0.2) is 19.6 Å². The second-order valence-corrected chi connectivity index (χ2v) is 4.66. The van der Waals surface area contributed by atoms with E-state index < -0.39 is 11.7 Å². The van der Waals surface area contributed by atoms with Crippen LogP contribution >= 0.6 is 0 Å². The van der Waals surface area contributed by atoms with Gasteiger partial charge in [0.2, 0.25) is 0 Å². The quantitative estimate of drug-likeness (QED) is 0.811. The van der Waals surface area contributed by atoms with Crippen LogP contribution in [0.15, 0.2) is 18.2 Å². The van der Waals surface area contributed by atoms with Crippen molar-refractivity contribution in [2.24, 2.45) is 0 Å². The molecule has 1 aromatic carbocycles. The molecule has 2 rings (SSSR count). The lowest BCUT2D eigenvalue weighted by atomic mass is 10.0. The molecule has 1 aliphatic rings. The second kappa shape index (κ2) is 5.18. The van der Waals surface area contributed by atoms with Crippen LogP contribution in [0.1, 0.15) is 24.0 Å². The van der Waals surface area contributed by atoms with E-state index in [1.807, 2.05) is 7.05 Å². The van der Waals surface area contributed by atoms with Crippen LogP contribution in [0.2, 0.25) is 0 Å². The smallest absolute Gasteiger partial charge is 0.382 e. The van der Waals surface area contributed by atoms with Crippen molar-refractivity contribution in [3.8, 4) is 0 Å².